The van der Waals surface area contributed by atoms with Gasteiger partial charge < -0.3 is 10.5 Å². The molecular formula is C18H25N3O5S2. The van der Waals surface area contributed by atoms with Crippen molar-refractivity contribution in [3.05, 3.63) is 24.3 Å². The third kappa shape index (κ3) is 4.79. The van der Waals surface area contributed by atoms with Crippen molar-refractivity contribution in [3.63, 3.8) is 0 Å². The molecule has 1 aliphatic rings. The third-order valence-corrected chi connectivity index (χ3v) is 7.69. The molecule has 0 aromatic heterocycles. The van der Waals surface area contributed by atoms with E-state index in [-0.39, 0.29) is 29.8 Å². The second-order valence-corrected chi connectivity index (χ2v) is 10.6. The Bertz CT molecular complexity index is 859. The number of carbonyl (C=O) groups excluding carboxylic acids is 1. The topological polar surface area (TPSA) is 122 Å². The molecule has 1 aliphatic heterocycles. The minimum Gasteiger partial charge on any atom is -0.481 e. The van der Waals surface area contributed by atoms with E-state index in [0.29, 0.717) is 5.75 Å². The summed E-state index contributed by atoms with van der Waals surface area (Å²) < 4.78 is 32.3. The molecule has 1 saturated heterocycles. The summed E-state index contributed by atoms with van der Waals surface area (Å²) in [5.74, 6) is 5.17. The first-order valence-corrected chi connectivity index (χ1v) is 11.0. The van der Waals surface area contributed by atoms with Crippen molar-refractivity contribution < 1.29 is 23.2 Å². The predicted octanol–water partition coefficient (Wildman–Crippen LogP) is 0.806. The first kappa shape index (κ1) is 22.5. The van der Waals surface area contributed by atoms with Crippen LogP contribution in [0.2, 0.25) is 0 Å². The Hall–Kier alpha value is -1.77. The molecule has 0 spiro atoms. The van der Waals surface area contributed by atoms with E-state index in [9.17, 15) is 13.2 Å². The molecule has 0 radical (unpaired) electrons. The lowest BCUT2D eigenvalue weighted by Crippen LogP contribution is -2.63. The number of ether oxygens (including phenoxy) is 1. The van der Waals surface area contributed by atoms with Gasteiger partial charge in [-0.15, -0.1) is 17.7 Å². The predicted molar refractivity (Wildman–Crippen MR) is 108 cm³/mol. The van der Waals surface area contributed by atoms with Crippen molar-refractivity contribution in [1.29, 1.82) is 0 Å². The van der Waals surface area contributed by atoms with Crippen molar-refractivity contribution in [2.24, 2.45) is 5.73 Å². The molecule has 0 aliphatic carbocycles. The Labute approximate surface area is 169 Å². The van der Waals surface area contributed by atoms with E-state index >= 15 is 0 Å². The van der Waals surface area contributed by atoms with Gasteiger partial charge in [0, 0.05) is 23.1 Å². The normalized spacial score (nSPS) is 22.0. The van der Waals surface area contributed by atoms with Gasteiger partial charge >= 0.3 is 0 Å². The van der Waals surface area contributed by atoms with Crippen LogP contribution < -0.4 is 16.0 Å². The van der Waals surface area contributed by atoms with Crippen molar-refractivity contribution in [1.82, 2.24) is 9.79 Å². The average Bonchev–Trinajstić information content (AvgIpc) is 2.66. The number of thioether (sulfide) groups is 1. The van der Waals surface area contributed by atoms with Crippen LogP contribution in [-0.4, -0.2) is 59.6 Å². The van der Waals surface area contributed by atoms with Gasteiger partial charge in [0.1, 0.15) is 18.4 Å². The molecule has 1 heterocycles. The Morgan fingerprint density at radius 2 is 2.07 bits per heavy atom. The maximum absolute atomic E-state index is 13.3. The van der Waals surface area contributed by atoms with Gasteiger partial charge in [0.25, 0.3) is 5.91 Å². The number of hydrogen-bond donors (Lipinski definition) is 3. The van der Waals surface area contributed by atoms with Crippen molar-refractivity contribution >= 4 is 27.7 Å². The largest absolute Gasteiger partial charge is 0.481 e. The van der Waals surface area contributed by atoms with Crippen molar-refractivity contribution in [2.45, 2.75) is 41.7 Å². The van der Waals surface area contributed by atoms with E-state index in [2.05, 4.69) is 11.8 Å². The number of benzene rings is 1. The summed E-state index contributed by atoms with van der Waals surface area (Å²) in [5, 5.41) is 8.98. The quantitative estimate of drug-likeness (QED) is 0.349. The van der Waals surface area contributed by atoms with Gasteiger partial charge in [0.2, 0.25) is 10.0 Å². The minimum absolute atomic E-state index is 0.0237. The molecule has 1 aromatic rings. The zero-order valence-corrected chi connectivity index (χ0v) is 17.6. The lowest BCUT2D eigenvalue weighted by atomic mass is 10.0. The van der Waals surface area contributed by atoms with Crippen molar-refractivity contribution in [2.75, 3.05) is 19.7 Å². The molecule has 4 N–H and O–H groups in total. The average molecular weight is 428 g/mol. The van der Waals surface area contributed by atoms with E-state index in [0.717, 1.165) is 4.31 Å². The third-order valence-electron chi connectivity index (χ3n) is 4.34. The highest BCUT2D eigenvalue weighted by molar-refractivity contribution is 8.01. The molecule has 2 atom stereocenters. The second-order valence-electron chi connectivity index (χ2n) is 6.72. The molecule has 0 saturated carbocycles. The maximum atomic E-state index is 13.3. The molecule has 1 amide bonds. The molecule has 1 fully saturated rings. The van der Waals surface area contributed by atoms with Gasteiger partial charge in [-0.25, -0.2) is 13.9 Å². The van der Waals surface area contributed by atoms with Crippen LogP contribution in [0.15, 0.2) is 29.2 Å². The van der Waals surface area contributed by atoms with E-state index < -0.39 is 26.7 Å². The summed E-state index contributed by atoms with van der Waals surface area (Å²) >= 11 is 1.43. The van der Waals surface area contributed by atoms with Crippen LogP contribution in [0.25, 0.3) is 0 Å². The first-order chi connectivity index (χ1) is 13.2. The van der Waals surface area contributed by atoms with E-state index in [1.807, 2.05) is 0 Å². The van der Waals surface area contributed by atoms with Crippen LogP contribution >= 0.6 is 11.8 Å². The lowest BCUT2D eigenvalue weighted by molar-refractivity contribution is -0.134. The van der Waals surface area contributed by atoms with Crippen LogP contribution in [-0.2, 0) is 14.8 Å². The number of nitrogens with zero attached hydrogens (tertiary/aromatic N) is 1. The standard InChI is InChI=1S/C18H25N3O5S2/c1-4-5-10-26-13-6-8-15(9-7-13)28(24,25)21-12-14(11-19)27-18(2,3)16(21)17(22)20-23/h6-9,14,16,23H,10-12,19H2,1-3H3,(H,20,22)/t14-,16+/m1/s1. The number of sulfonamides is 1. The Morgan fingerprint density at radius 3 is 2.61 bits per heavy atom. The van der Waals surface area contributed by atoms with E-state index in [1.165, 1.54) is 36.0 Å². The number of amides is 1. The highest BCUT2D eigenvalue weighted by Gasteiger charge is 2.50. The van der Waals surface area contributed by atoms with Crippen LogP contribution in [0.5, 0.6) is 5.75 Å². The molecule has 0 unspecified atom stereocenters. The van der Waals surface area contributed by atoms with Gasteiger partial charge in [-0.3, -0.25) is 10.0 Å². The number of hydroxylamine groups is 1. The summed E-state index contributed by atoms with van der Waals surface area (Å²) in [5.41, 5.74) is 7.37. The summed E-state index contributed by atoms with van der Waals surface area (Å²) in [6.45, 7) is 5.75. The number of nitrogens with one attached hydrogen (secondary N) is 1. The fourth-order valence-electron chi connectivity index (χ4n) is 3.09. The Morgan fingerprint density at radius 1 is 1.43 bits per heavy atom. The fraction of sp³-hybridized carbons (Fsp3) is 0.500. The summed E-state index contributed by atoms with van der Waals surface area (Å²) in [7, 11) is -4.01. The number of rotatable bonds is 6. The Kier molecular flexibility index (Phi) is 7.36. The van der Waals surface area contributed by atoms with Gasteiger partial charge in [-0.05, 0) is 45.0 Å². The number of hydrogen-bond acceptors (Lipinski definition) is 7. The SMILES string of the molecule is CC#CCOc1ccc(S(=O)(=O)N2C[C@@H](CN)SC(C)(C)[C@@H]2C(=O)NO)cc1. The molecule has 154 valence electrons. The summed E-state index contributed by atoms with van der Waals surface area (Å²) in [6, 6.07) is 4.82. The van der Waals surface area contributed by atoms with Gasteiger partial charge in [0.15, 0.2) is 0 Å². The molecule has 10 heteroatoms. The van der Waals surface area contributed by atoms with Gasteiger partial charge in [0.05, 0.1) is 4.90 Å². The first-order valence-electron chi connectivity index (χ1n) is 8.63. The molecule has 28 heavy (non-hydrogen) atoms. The second kappa shape index (κ2) is 9.15. The van der Waals surface area contributed by atoms with Gasteiger partial charge in [-0.1, -0.05) is 5.92 Å². The number of nitrogens with two attached hydrogens (primary N) is 1. The van der Waals surface area contributed by atoms with E-state index in [1.54, 1.807) is 26.3 Å². The smallest absolute Gasteiger partial charge is 0.263 e. The molecule has 0 bridgehead atoms. The van der Waals surface area contributed by atoms with Crippen LogP contribution in [0.1, 0.15) is 20.8 Å². The highest BCUT2D eigenvalue weighted by Crippen LogP contribution is 2.41. The summed E-state index contributed by atoms with van der Waals surface area (Å²) in [6.07, 6.45) is 0. The lowest BCUT2D eigenvalue weighted by Gasteiger charge is -2.46. The van der Waals surface area contributed by atoms with Crippen LogP contribution in [0.3, 0.4) is 0 Å². The molecule has 8 nitrogen and oxygen atoms in total. The van der Waals surface area contributed by atoms with E-state index in [4.69, 9.17) is 15.7 Å². The summed E-state index contributed by atoms with van der Waals surface area (Å²) in [4.78, 5) is 12.3. The highest BCUT2D eigenvalue weighted by atomic mass is 32.2. The van der Waals surface area contributed by atoms with Crippen LogP contribution in [0.4, 0.5) is 0 Å². The molecular weight excluding hydrogens is 402 g/mol. The molecule has 2 rings (SSSR count). The van der Waals surface area contributed by atoms with Gasteiger partial charge in [-0.2, -0.15) is 4.31 Å². The fourth-order valence-corrected chi connectivity index (χ4v) is 6.56. The van der Waals surface area contributed by atoms with Crippen molar-refractivity contribution in [3.8, 4) is 17.6 Å². The molecule has 1 aromatic carbocycles. The zero-order valence-electron chi connectivity index (χ0n) is 16.0. The maximum Gasteiger partial charge on any atom is 0.263 e. The monoisotopic (exact) mass is 427 g/mol. The minimum atomic E-state index is -4.01. The number of carbonyl (C=O) groups is 1. The Balaban J connectivity index is 2.38. The van der Waals surface area contributed by atoms with Crippen LogP contribution in [0, 0.1) is 11.8 Å². The zero-order chi connectivity index (χ0) is 20.9.